The second-order valence-corrected chi connectivity index (χ2v) is 5.22. The summed E-state index contributed by atoms with van der Waals surface area (Å²) in [7, 11) is 0. The smallest absolute Gasteiger partial charge is 0.169 e. The van der Waals surface area contributed by atoms with Gasteiger partial charge in [0.05, 0.1) is 11.8 Å². The first kappa shape index (κ1) is 12.2. The van der Waals surface area contributed by atoms with Crippen LogP contribution >= 0.6 is 0 Å². The average Bonchev–Trinajstić information content (AvgIpc) is 3.12. The normalized spacial score (nSPS) is 21.3. The van der Waals surface area contributed by atoms with Crippen LogP contribution in [0.15, 0.2) is 42.7 Å². The molecule has 3 rings (SSSR count). The van der Waals surface area contributed by atoms with E-state index in [2.05, 4.69) is 24.2 Å². The number of rotatable bonds is 5. The zero-order chi connectivity index (χ0) is 13.2. The number of benzene rings is 1. The van der Waals surface area contributed by atoms with Crippen molar-refractivity contribution in [3.8, 4) is 0 Å². The molecular formula is C16H18N2O. The van der Waals surface area contributed by atoms with E-state index in [1.807, 2.05) is 29.1 Å². The number of aryl methyl sites for hydroxylation is 1. The fourth-order valence-electron chi connectivity index (χ4n) is 2.61. The molecule has 2 aromatic rings. The van der Waals surface area contributed by atoms with Crippen molar-refractivity contribution >= 4 is 5.78 Å². The molecule has 0 saturated heterocycles. The van der Waals surface area contributed by atoms with Crippen LogP contribution in [0.1, 0.15) is 41.6 Å². The maximum atomic E-state index is 12.4. The van der Waals surface area contributed by atoms with E-state index in [1.54, 1.807) is 6.20 Å². The second-order valence-electron chi connectivity index (χ2n) is 5.22. The van der Waals surface area contributed by atoms with Crippen LogP contribution < -0.4 is 0 Å². The summed E-state index contributed by atoms with van der Waals surface area (Å²) in [4.78, 5) is 12.4. The molecule has 1 heterocycles. The first-order valence-electron chi connectivity index (χ1n) is 6.91. The van der Waals surface area contributed by atoms with Crippen LogP contribution in [-0.2, 0) is 6.54 Å². The van der Waals surface area contributed by atoms with Crippen molar-refractivity contribution in [3.05, 3.63) is 53.9 Å². The second kappa shape index (κ2) is 5.00. The lowest BCUT2D eigenvalue weighted by atomic mass is 10.1. The number of hydrogen-bond donors (Lipinski definition) is 0. The van der Waals surface area contributed by atoms with Crippen molar-refractivity contribution in [3.63, 3.8) is 0 Å². The maximum absolute atomic E-state index is 12.4. The molecule has 19 heavy (non-hydrogen) atoms. The van der Waals surface area contributed by atoms with Crippen LogP contribution in [0, 0.1) is 5.92 Å². The highest BCUT2D eigenvalue weighted by Gasteiger charge is 2.44. The summed E-state index contributed by atoms with van der Waals surface area (Å²) >= 11 is 0. The van der Waals surface area contributed by atoms with Gasteiger partial charge in [0.15, 0.2) is 5.78 Å². The molecule has 0 N–H and O–H groups in total. The average molecular weight is 254 g/mol. The molecule has 0 spiro atoms. The van der Waals surface area contributed by atoms with Gasteiger partial charge in [-0.2, -0.15) is 5.10 Å². The Bertz CT molecular complexity index is 573. The Morgan fingerprint density at radius 3 is 2.89 bits per heavy atom. The fraction of sp³-hybridized carbons (Fsp3) is 0.375. The van der Waals surface area contributed by atoms with Crippen molar-refractivity contribution in [2.45, 2.75) is 32.2 Å². The standard InChI is InChI=1S/C16H18N2O/c1-2-8-18-11-13(10-17-18)16(19)15-9-14(15)12-6-4-3-5-7-12/h3-7,10-11,14-15H,2,8-9H2,1H3. The Labute approximate surface area is 113 Å². The summed E-state index contributed by atoms with van der Waals surface area (Å²) in [5.41, 5.74) is 2.04. The predicted molar refractivity (Wildman–Crippen MR) is 74.1 cm³/mol. The van der Waals surface area contributed by atoms with Gasteiger partial charge in [-0.3, -0.25) is 9.48 Å². The van der Waals surface area contributed by atoms with E-state index >= 15 is 0 Å². The van der Waals surface area contributed by atoms with Gasteiger partial charge in [-0.15, -0.1) is 0 Å². The lowest BCUT2D eigenvalue weighted by Crippen LogP contribution is -2.02. The van der Waals surface area contributed by atoms with E-state index in [-0.39, 0.29) is 11.7 Å². The number of Topliss-reactive ketones (excluding diaryl/α,β-unsaturated/α-hetero) is 1. The van der Waals surface area contributed by atoms with Crippen LogP contribution in [0.5, 0.6) is 0 Å². The van der Waals surface area contributed by atoms with Crippen LogP contribution in [-0.4, -0.2) is 15.6 Å². The Balaban J connectivity index is 1.69. The van der Waals surface area contributed by atoms with Gasteiger partial charge >= 0.3 is 0 Å². The molecule has 1 aromatic carbocycles. The van der Waals surface area contributed by atoms with Crippen LogP contribution in [0.2, 0.25) is 0 Å². The highest BCUT2D eigenvalue weighted by Crippen LogP contribution is 2.48. The van der Waals surface area contributed by atoms with E-state index in [4.69, 9.17) is 0 Å². The van der Waals surface area contributed by atoms with E-state index in [1.165, 1.54) is 5.56 Å². The number of ketones is 1. The first-order chi connectivity index (χ1) is 9.29. The van der Waals surface area contributed by atoms with Gasteiger partial charge in [0.1, 0.15) is 0 Å². The molecule has 0 radical (unpaired) electrons. The molecule has 1 aliphatic rings. The van der Waals surface area contributed by atoms with E-state index in [0.29, 0.717) is 5.92 Å². The molecule has 1 aliphatic carbocycles. The third-order valence-corrected chi connectivity index (χ3v) is 3.73. The third kappa shape index (κ3) is 2.46. The van der Waals surface area contributed by atoms with E-state index in [0.717, 1.165) is 24.9 Å². The summed E-state index contributed by atoms with van der Waals surface area (Å²) in [6.45, 7) is 2.98. The van der Waals surface area contributed by atoms with Crippen molar-refractivity contribution in [1.82, 2.24) is 9.78 Å². The highest BCUT2D eigenvalue weighted by molar-refractivity contribution is 5.99. The Hall–Kier alpha value is -1.90. The number of hydrogen-bond acceptors (Lipinski definition) is 2. The maximum Gasteiger partial charge on any atom is 0.169 e. The van der Waals surface area contributed by atoms with Crippen molar-refractivity contribution < 1.29 is 4.79 Å². The monoisotopic (exact) mass is 254 g/mol. The lowest BCUT2D eigenvalue weighted by molar-refractivity contribution is 0.0965. The molecule has 2 unspecified atom stereocenters. The summed E-state index contributed by atoms with van der Waals surface area (Å²) in [5.74, 6) is 0.807. The molecule has 1 aromatic heterocycles. The molecule has 98 valence electrons. The van der Waals surface area contributed by atoms with E-state index in [9.17, 15) is 4.79 Å². The van der Waals surface area contributed by atoms with Gasteiger partial charge in [0, 0.05) is 18.7 Å². The molecule has 0 bridgehead atoms. The predicted octanol–water partition coefficient (Wildman–Crippen LogP) is 3.28. The number of carbonyl (C=O) groups is 1. The van der Waals surface area contributed by atoms with Gasteiger partial charge in [-0.05, 0) is 24.3 Å². The zero-order valence-corrected chi connectivity index (χ0v) is 11.1. The fourth-order valence-corrected chi connectivity index (χ4v) is 2.61. The van der Waals surface area contributed by atoms with Gasteiger partial charge in [-0.25, -0.2) is 0 Å². The van der Waals surface area contributed by atoms with Gasteiger partial charge in [0.25, 0.3) is 0 Å². The minimum absolute atomic E-state index is 0.154. The minimum atomic E-state index is 0.154. The van der Waals surface area contributed by atoms with Crippen molar-refractivity contribution in [2.75, 3.05) is 0 Å². The summed E-state index contributed by atoms with van der Waals surface area (Å²) in [5, 5.41) is 4.23. The molecule has 0 amide bonds. The van der Waals surface area contributed by atoms with Crippen LogP contribution in [0.25, 0.3) is 0 Å². The molecule has 3 nitrogen and oxygen atoms in total. The van der Waals surface area contributed by atoms with Gasteiger partial charge in [0.2, 0.25) is 0 Å². The van der Waals surface area contributed by atoms with Gasteiger partial charge in [-0.1, -0.05) is 37.3 Å². The van der Waals surface area contributed by atoms with Crippen molar-refractivity contribution in [1.29, 1.82) is 0 Å². The van der Waals surface area contributed by atoms with Gasteiger partial charge < -0.3 is 0 Å². The molecule has 3 heteroatoms. The molecular weight excluding hydrogens is 236 g/mol. The summed E-state index contributed by atoms with van der Waals surface area (Å²) in [6.07, 6.45) is 5.59. The summed E-state index contributed by atoms with van der Waals surface area (Å²) in [6, 6.07) is 10.3. The SMILES string of the molecule is CCCn1cc(C(=O)C2CC2c2ccccc2)cn1. The Morgan fingerprint density at radius 2 is 2.16 bits per heavy atom. The number of aromatic nitrogens is 2. The minimum Gasteiger partial charge on any atom is -0.294 e. The Kier molecular flexibility index (Phi) is 3.20. The summed E-state index contributed by atoms with van der Waals surface area (Å²) < 4.78 is 1.85. The zero-order valence-electron chi connectivity index (χ0n) is 11.1. The molecule has 1 saturated carbocycles. The largest absolute Gasteiger partial charge is 0.294 e. The van der Waals surface area contributed by atoms with Crippen LogP contribution in [0.4, 0.5) is 0 Å². The number of nitrogens with zero attached hydrogens (tertiary/aromatic N) is 2. The molecule has 2 atom stereocenters. The van der Waals surface area contributed by atoms with Crippen molar-refractivity contribution in [2.24, 2.45) is 5.92 Å². The third-order valence-electron chi connectivity index (χ3n) is 3.73. The quantitative estimate of drug-likeness (QED) is 0.767. The Morgan fingerprint density at radius 1 is 1.37 bits per heavy atom. The van der Waals surface area contributed by atoms with E-state index < -0.39 is 0 Å². The molecule has 0 aliphatic heterocycles. The topological polar surface area (TPSA) is 34.9 Å². The number of carbonyl (C=O) groups excluding carboxylic acids is 1. The highest BCUT2D eigenvalue weighted by atomic mass is 16.1. The first-order valence-corrected chi connectivity index (χ1v) is 6.91. The molecule has 1 fully saturated rings. The van der Waals surface area contributed by atoms with Crippen LogP contribution in [0.3, 0.4) is 0 Å². The lowest BCUT2D eigenvalue weighted by Gasteiger charge is -1.99.